The number of anilines is 1. The molecule has 0 unspecified atom stereocenters. The van der Waals surface area contributed by atoms with Gasteiger partial charge in [0.25, 0.3) is 0 Å². The van der Waals surface area contributed by atoms with Gasteiger partial charge in [-0.05, 0) is 35.9 Å². The van der Waals surface area contributed by atoms with Crippen LogP contribution in [0, 0.1) is 0 Å². The maximum atomic E-state index is 12.0. The topological polar surface area (TPSA) is 86.3 Å². The van der Waals surface area contributed by atoms with Crippen molar-refractivity contribution < 1.29 is 9.53 Å². The van der Waals surface area contributed by atoms with Crippen molar-refractivity contribution >= 4 is 22.8 Å². The van der Waals surface area contributed by atoms with Crippen molar-refractivity contribution in [3.05, 3.63) is 79.3 Å². The molecule has 5 rings (SSSR count). The average Bonchev–Trinajstić information content (AvgIpc) is 3.07. The van der Waals surface area contributed by atoms with Gasteiger partial charge in [0.05, 0.1) is 5.39 Å². The molecule has 3 heterocycles. The van der Waals surface area contributed by atoms with E-state index in [0.717, 1.165) is 39.4 Å². The highest BCUT2D eigenvalue weighted by molar-refractivity contribution is 6.02. The van der Waals surface area contributed by atoms with Crippen molar-refractivity contribution in [1.82, 2.24) is 19.4 Å². The highest BCUT2D eigenvalue weighted by atomic mass is 16.5. The first-order valence-electron chi connectivity index (χ1n) is 10.4. The summed E-state index contributed by atoms with van der Waals surface area (Å²) in [5.74, 6) is 2.09. The Hall–Kier alpha value is -4.13. The van der Waals surface area contributed by atoms with Gasteiger partial charge in [-0.1, -0.05) is 36.9 Å². The van der Waals surface area contributed by atoms with Gasteiger partial charge in [0.15, 0.2) is 0 Å². The maximum absolute atomic E-state index is 12.0. The van der Waals surface area contributed by atoms with Crippen LogP contribution in [-0.2, 0) is 11.8 Å². The molecule has 2 aromatic heterocycles. The molecule has 0 saturated carbocycles. The van der Waals surface area contributed by atoms with Gasteiger partial charge in [-0.15, -0.1) is 0 Å². The fourth-order valence-corrected chi connectivity index (χ4v) is 4.34. The third-order valence-electron chi connectivity index (χ3n) is 5.92. The predicted molar refractivity (Wildman–Crippen MR) is 124 cm³/mol. The smallest absolute Gasteiger partial charge is 0.245 e. The van der Waals surface area contributed by atoms with E-state index in [-0.39, 0.29) is 11.8 Å². The zero-order valence-electron chi connectivity index (χ0n) is 17.7. The van der Waals surface area contributed by atoms with E-state index in [1.165, 1.54) is 12.4 Å². The average molecular weight is 425 g/mol. The summed E-state index contributed by atoms with van der Waals surface area (Å²) in [4.78, 5) is 22.5. The highest BCUT2D eigenvalue weighted by Crippen LogP contribution is 2.42. The molecule has 0 radical (unpaired) electrons. The van der Waals surface area contributed by atoms with Crippen molar-refractivity contribution in [1.29, 1.82) is 0 Å². The SMILES string of the molecule is C=CC(=O)N1CC(c2c(-c3ccc(Oc4ccccc4)cc3)c3c(N)ncnc3n2C)C1. The summed E-state index contributed by atoms with van der Waals surface area (Å²) in [7, 11) is 1.98. The summed E-state index contributed by atoms with van der Waals surface area (Å²) < 4.78 is 8.01. The van der Waals surface area contributed by atoms with E-state index in [4.69, 9.17) is 10.5 Å². The Kier molecular flexibility index (Phi) is 4.86. The molecule has 7 heteroatoms. The Morgan fingerprint density at radius 2 is 1.78 bits per heavy atom. The number of nitrogen functional groups attached to an aromatic ring is 1. The van der Waals surface area contributed by atoms with Crippen LogP contribution in [0.25, 0.3) is 22.2 Å². The largest absolute Gasteiger partial charge is 0.457 e. The number of benzene rings is 2. The number of aromatic nitrogens is 3. The molecule has 0 spiro atoms. The van der Waals surface area contributed by atoms with Crippen LogP contribution >= 0.6 is 0 Å². The highest BCUT2D eigenvalue weighted by Gasteiger charge is 2.36. The molecule has 1 aliphatic heterocycles. The molecule has 32 heavy (non-hydrogen) atoms. The van der Waals surface area contributed by atoms with Gasteiger partial charge in [-0.2, -0.15) is 0 Å². The Balaban J connectivity index is 1.56. The van der Waals surface area contributed by atoms with Crippen molar-refractivity contribution in [3.63, 3.8) is 0 Å². The number of likely N-dealkylation sites (tertiary alicyclic amines) is 1. The number of aryl methyl sites for hydroxylation is 1. The summed E-state index contributed by atoms with van der Waals surface area (Å²) in [6.07, 6.45) is 2.84. The lowest BCUT2D eigenvalue weighted by molar-refractivity contribution is -0.130. The molecule has 1 saturated heterocycles. The number of nitrogens with zero attached hydrogens (tertiary/aromatic N) is 4. The Morgan fingerprint density at radius 3 is 2.47 bits per heavy atom. The van der Waals surface area contributed by atoms with Gasteiger partial charge in [0.2, 0.25) is 5.91 Å². The van der Waals surface area contributed by atoms with Gasteiger partial charge in [-0.25, -0.2) is 9.97 Å². The van der Waals surface area contributed by atoms with Crippen LogP contribution in [0.4, 0.5) is 5.82 Å². The minimum Gasteiger partial charge on any atom is -0.457 e. The van der Waals surface area contributed by atoms with Crippen LogP contribution in [0.5, 0.6) is 11.5 Å². The van der Waals surface area contributed by atoms with E-state index in [1.807, 2.05) is 61.6 Å². The second-order valence-electron chi connectivity index (χ2n) is 7.86. The predicted octanol–water partition coefficient (Wildman–Crippen LogP) is 4.12. The molecule has 4 aromatic rings. The lowest BCUT2D eigenvalue weighted by Gasteiger charge is -2.39. The number of hydrogen-bond donors (Lipinski definition) is 1. The number of nitrogens with two attached hydrogens (primary N) is 1. The molecule has 0 atom stereocenters. The van der Waals surface area contributed by atoms with Gasteiger partial charge in [-0.3, -0.25) is 4.79 Å². The molecular weight excluding hydrogens is 402 g/mol. The summed E-state index contributed by atoms with van der Waals surface area (Å²) in [5.41, 5.74) is 10.2. The minimum absolute atomic E-state index is 0.0525. The van der Waals surface area contributed by atoms with E-state index in [1.54, 1.807) is 4.90 Å². The molecule has 1 fully saturated rings. The van der Waals surface area contributed by atoms with Gasteiger partial charge in [0.1, 0.15) is 29.3 Å². The molecule has 0 bridgehead atoms. The molecule has 160 valence electrons. The minimum atomic E-state index is -0.0525. The number of para-hydroxylation sites is 1. The monoisotopic (exact) mass is 425 g/mol. The Morgan fingerprint density at radius 1 is 1.09 bits per heavy atom. The molecule has 1 amide bonds. The number of ether oxygens (including phenoxy) is 1. The molecule has 0 aliphatic carbocycles. The molecule has 1 aliphatic rings. The molecular formula is C25H23N5O2. The normalized spacial score (nSPS) is 13.7. The molecule has 7 nitrogen and oxygen atoms in total. The number of carbonyl (C=O) groups excluding carboxylic acids is 1. The van der Waals surface area contributed by atoms with E-state index >= 15 is 0 Å². The van der Waals surface area contributed by atoms with Crippen LogP contribution in [0.3, 0.4) is 0 Å². The molecule has 2 aromatic carbocycles. The number of hydrogen-bond acceptors (Lipinski definition) is 5. The summed E-state index contributed by atoms with van der Waals surface area (Å²) in [6.45, 7) is 4.84. The summed E-state index contributed by atoms with van der Waals surface area (Å²) in [6, 6.07) is 17.6. The number of carbonyl (C=O) groups is 1. The quantitative estimate of drug-likeness (QED) is 0.486. The second-order valence-corrected chi connectivity index (χ2v) is 7.86. The first-order valence-corrected chi connectivity index (χ1v) is 10.4. The van der Waals surface area contributed by atoms with E-state index in [0.29, 0.717) is 18.9 Å². The second kappa shape index (κ2) is 7.85. The fourth-order valence-electron chi connectivity index (χ4n) is 4.34. The Bertz CT molecular complexity index is 1310. The van der Waals surface area contributed by atoms with Crippen molar-refractivity contribution in [3.8, 4) is 22.6 Å². The lowest BCUT2D eigenvalue weighted by atomic mass is 9.90. The van der Waals surface area contributed by atoms with Gasteiger partial charge < -0.3 is 19.9 Å². The van der Waals surface area contributed by atoms with Crippen LogP contribution in [0.15, 0.2) is 73.6 Å². The zero-order chi connectivity index (χ0) is 22.2. The zero-order valence-corrected chi connectivity index (χ0v) is 17.7. The Labute approximate surface area is 185 Å². The maximum Gasteiger partial charge on any atom is 0.245 e. The van der Waals surface area contributed by atoms with Crippen LogP contribution in [0.2, 0.25) is 0 Å². The van der Waals surface area contributed by atoms with Gasteiger partial charge >= 0.3 is 0 Å². The third kappa shape index (κ3) is 3.28. The first kappa shape index (κ1) is 19.8. The summed E-state index contributed by atoms with van der Waals surface area (Å²) in [5, 5.41) is 0.829. The lowest BCUT2D eigenvalue weighted by Crippen LogP contribution is -2.48. The standard InChI is InChI=1S/C25H23N5O2/c1-3-20(31)30-13-17(14-30)23-21(22-24(26)27-15-28-25(22)29(23)2)16-9-11-19(12-10-16)32-18-7-5-4-6-8-18/h3-12,15,17H,1,13-14H2,2H3,(H2,26,27,28). The van der Waals surface area contributed by atoms with Crippen LogP contribution < -0.4 is 10.5 Å². The van der Waals surface area contributed by atoms with Crippen molar-refractivity contribution in [2.45, 2.75) is 5.92 Å². The van der Waals surface area contributed by atoms with Crippen molar-refractivity contribution in [2.24, 2.45) is 7.05 Å². The number of rotatable bonds is 5. The fraction of sp³-hybridized carbons (Fsp3) is 0.160. The number of amides is 1. The van der Waals surface area contributed by atoms with E-state index in [2.05, 4.69) is 21.1 Å². The van der Waals surface area contributed by atoms with E-state index < -0.39 is 0 Å². The van der Waals surface area contributed by atoms with Crippen LogP contribution in [0.1, 0.15) is 11.6 Å². The van der Waals surface area contributed by atoms with Crippen LogP contribution in [-0.4, -0.2) is 38.4 Å². The number of fused-ring (bicyclic) bond motifs is 1. The van der Waals surface area contributed by atoms with Crippen molar-refractivity contribution in [2.75, 3.05) is 18.8 Å². The molecule has 2 N–H and O–H groups in total. The van der Waals surface area contributed by atoms with E-state index in [9.17, 15) is 4.79 Å². The first-order chi connectivity index (χ1) is 15.6. The summed E-state index contributed by atoms with van der Waals surface area (Å²) >= 11 is 0. The van der Waals surface area contributed by atoms with Gasteiger partial charge in [0, 0.05) is 37.3 Å². The third-order valence-corrected chi connectivity index (χ3v) is 5.92.